The number of nitrogens with one attached hydrogen (secondary N) is 1. The van der Waals surface area contributed by atoms with Crippen LogP contribution in [0.25, 0.3) is 0 Å². The number of aliphatic hydroxyl groups is 1. The van der Waals surface area contributed by atoms with Crippen LogP contribution >= 0.6 is 0 Å². The van der Waals surface area contributed by atoms with Crippen LogP contribution in [-0.4, -0.2) is 39.0 Å². The first-order valence-electron chi connectivity index (χ1n) is 10.7. The Morgan fingerprint density at radius 1 is 1.00 bits per heavy atom. The number of carbonyl (C=O) groups is 2. The molecule has 1 saturated heterocycles. The first-order valence-corrected chi connectivity index (χ1v) is 10.7. The Morgan fingerprint density at radius 3 is 2.42 bits per heavy atom. The summed E-state index contributed by atoms with van der Waals surface area (Å²) in [4.78, 5) is 41.2. The molecule has 2 bridgehead atoms. The van der Waals surface area contributed by atoms with Gasteiger partial charge in [-0.15, -0.1) is 0 Å². The third-order valence-electron chi connectivity index (χ3n) is 6.59. The number of halogens is 1. The van der Waals surface area contributed by atoms with Gasteiger partial charge in [0.05, 0.1) is 18.0 Å². The monoisotopic (exact) mass is 447 g/mol. The van der Waals surface area contributed by atoms with Gasteiger partial charge in [0.15, 0.2) is 0 Å². The Balaban J connectivity index is 1.60. The number of rotatable bonds is 4. The van der Waals surface area contributed by atoms with Crippen LogP contribution in [0.5, 0.6) is 0 Å². The van der Waals surface area contributed by atoms with E-state index < -0.39 is 29.7 Å². The van der Waals surface area contributed by atoms with Crippen molar-refractivity contribution in [3.8, 4) is 0 Å². The van der Waals surface area contributed by atoms with Gasteiger partial charge in [0, 0.05) is 42.1 Å². The van der Waals surface area contributed by atoms with Gasteiger partial charge in [-0.1, -0.05) is 24.3 Å². The van der Waals surface area contributed by atoms with Crippen molar-refractivity contribution in [3.05, 3.63) is 100 Å². The molecule has 2 aliphatic heterocycles. The van der Waals surface area contributed by atoms with Crippen LogP contribution in [0.1, 0.15) is 22.1 Å². The Kier molecular flexibility index (Phi) is 5.30. The number of fused-ring (bicyclic) bond motifs is 4. The summed E-state index contributed by atoms with van der Waals surface area (Å²) in [5, 5.41) is 13.2. The number of aromatic nitrogens is 1. The van der Waals surface area contributed by atoms with Crippen LogP contribution in [-0.2, 0) is 11.3 Å². The number of hydrogen-bond acceptors (Lipinski definition) is 4. The minimum Gasteiger partial charge on any atom is -0.396 e. The summed E-state index contributed by atoms with van der Waals surface area (Å²) in [5.74, 6) is -2.53. The van der Waals surface area contributed by atoms with Crippen LogP contribution in [0.3, 0.4) is 0 Å². The third-order valence-corrected chi connectivity index (χ3v) is 6.59. The van der Waals surface area contributed by atoms with Crippen molar-refractivity contribution in [2.45, 2.75) is 18.6 Å². The fourth-order valence-corrected chi connectivity index (χ4v) is 5.12. The number of benzene rings is 2. The van der Waals surface area contributed by atoms with Crippen molar-refractivity contribution in [2.75, 3.05) is 11.9 Å². The van der Waals surface area contributed by atoms with E-state index in [1.165, 1.54) is 30.3 Å². The molecule has 1 aromatic heterocycles. The number of pyridine rings is 1. The summed E-state index contributed by atoms with van der Waals surface area (Å²) in [6.07, 6.45) is 0. The quantitative estimate of drug-likeness (QED) is 0.643. The van der Waals surface area contributed by atoms with Crippen molar-refractivity contribution in [1.29, 1.82) is 0 Å². The Hall–Kier alpha value is -3.78. The summed E-state index contributed by atoms with van der Waals surface area (Å²) in [5.41, 5.74) is 1.19. The molecule has 3 heterocycles. The largest absolute Gasteiger partial charge is 0.396 e. The van der Waals surface area contributed by atoms with E-state index in [9.17, 15) is 23.9 Å². The van der Waals surface area contributed by atoms with Gasteiger partial charge in [-0.25, -0.2) is 4.39 Å². The summed E-state index contributed by atoms with van der Waals surface area (Å²) in [6.45, 7) is -0.164. The van der Waals surface area contributed by atoms with Gasteiger partial charge in [-0.05, 0) is 42.5 Å². The maximum Gasteiger partial charge on any atom is 0.254 e. The van der Waals surface area contributed by atoms with E-state index in [0.29, 0.717) is 11.4 Å². The number of amides is 2. The SMILES string of the molecule is O=C(Nc1ccccc1)[C@@H]1[C@@H](CO)[C@@H]2Cn3c(cccc3=O)[C@H]1N2C(=O)c1ccc(F)cc1. The highest BCUT2D eigenvalue weighted by molar-refractivity contribution is 5.98. The maximum absolute atomic E-state index is 13.6. The highest BCUT2D eigenvalue weighted by Gasteiger charge is 2.57. The van der Waals surface area contributed by atoms with E-state index in [0.717, 1.165) is 0 Å². The van der Waals surface area contributed by atoms with Crippen molar-refractivity contribution < 1.29 is 19.1 Å². The minimum absolute atomic E-state index is 0.165. The molecule has 0 spiro atoms. The number of para-hydroxylation sites is 1. The Bertz CT molecular complexity index is 1260. The molecule has 0 radical (unpaired) electrons. The Labute approximate surface area is 189 Å². The van der Waals surface area contributed by atoms with E-state index in [2.05, 4.69) is 5.32 Å². The van der Waals surface area contributed by atoms with Gasteiger partial charge in [0.25, 0.3) is 11.5 Å². The molecule has 5 rings (SSSR count). The topological polar surface area (TPSA) is 91.6 Å². The van der Waals surface area contributed by atoms with Gasteiger partial charge < -0.3 is 19.9 Å². The second kappa shape index (κ2) is 8.29. The van der Waals surface area contributed by atoms with Gasteiger partial charge in [0.1, 0.15) is 5.82 Å². The van der Waals surface area contributed by atoms with Crippen molar-refractivity contribution >= 4 is 17.5 Å². The molecule has 0 aliphatic carbocycles. The number of nitrogens with zero attached hydrogens (tertiary/aromatic N) is 2. The zero-order valence-corrected chi connectivity index (χ0v) is 17.6. The van der Waals surface area contributed by atoms with Gasteiger partial charge in [-0.3, -0.25) is 14.4 Å². The third kappa shape index (κ3) is 3.52. The average molecular weight is 447 g/mol. The number of aliphatic hydroxyl groups excluding tert-OH is 1. The summed E-state index contributed by atoms with van der Waals surface area (Å²) >= 11 is 0. The van der Waals surface area contributed by atoms with Gasteiger partial charge >= 0.3 is 0 Å². The lowest BCUT2D eigenvalue weighted by molar-refractivity contribution is -0.122. The molecular formula is C25H22FN3O4. The first kappa shape index (κ1) is 21.1. The first-order chi connectivity index (χ1) is 16.0. The molecule has 2 aromatic carbocycles. The zero-order chi connectivity index (χ0) is 23.1. The molecule has 4 atom stereocenters. The van der Waals surface area contributed by atoms with Crippen molar-refractivity contribution in [1.82, 2.24) is 9.47 Å². The predicted octanol–water partition coefficient (Wildman–Crippen LogP) is 2.43. The molecule has 2 aliphatic rings. The van der Waals surface area contributed by atoms with Gasteiger partial charge in [0.2, 0.25) is 5.91 Å². The summed E-state index contributed by atoms with van der Waals surface area (Å²) < 4.78 is 15.0. The van der Waals surface area contributed by atoms with Gasteiger partial charge in [-0.2, -0.15) is 0 Å². The number of carbonyl (C=O) groups excluding carboxylic acids is 2. The summed E-state index contributed by atoms with van der Waals surface area (Å²) in [7, 11) is 0. The lowest BCUT2D eigenvalue weighted by Gasteiger charge is -2.38. The van der Waals surface area contributed by atoms with Crippen LogP contribution in [0.15, 0.2) is 77.6 Å². The highest BCUT2D eigenvalue weighted by atomic mass is 19.1. The molecule has 33 heavy (non-hydrogen) atoms. The molecule has 2 N–H and O–H groups in total. The number of hydrogen-bond donors (Lipinski definition) is 2. The molecule has 7 nitrogen and oxygen atoms in total. The fraction of sp³-hybridized carbons (Fsp3) is 0.240. The molecule has 1 fully saturated rings. The van der Waals surface area contributed by atoms with E-state index >= 15 is 0 Å². The normalized spacial score (nSPS) is 23.2. The van der Waals surface area contributed by atoms with Crippen molar-refractivity contribution in [2.24, 2.45) is 11.8 Å². The molecule has 0 unspecified atom stereocenters. The second-order valence-electron chi connectivity index (χ2n) is 8.36. The van der Waals surface area contributed by atoms with Crippen LogP contribution in [0.2, 0.25) is 0 Å². The smallest absolute Gasteiger partial charge is 0.254 e. The van der Waals surface area contributed by atoms with E-state index in [-0.39, 0.29) is 36.1 Å². The van der Waals surface area contributed by atoms with Crippen molar-refractivity contribution in [3.63, 3.8) is 0 Å². The molecule has 2 amide bonds. The highest BCUT2D eigenvalue weighted by Crippen LogP contribution is 2.49. The standard InChI is InChI=1S/C25H22FN3O4/c26-16-11-9-15(10-12-16)25(33)29-20-13-28-19(7-4-8-21(28)31)23(29)22(18(20)14-30)24(32)27-17-5-2-1-3-6-17/h1-12,18,20,22-23,30H,13-14H2,(H,27,32)/t18-,20-,22+,23+/m0/s1. The maximum atomic E-state index is 13.6. The van der Waals surface area contributed by atoms with Crippen LogP contribution in [0, 0.1) is 17.7 Å². The van der Waals surface area contributed by atoms with Crippen LogP contribution < -0.4 is 10.9 Å². The number of anilines is 1. The zero-order valence-electron chi connectivity index (χ0n) is 17.6. The molecular weight excluding hydrogens is 425 g/mol. The average Bonchev–Trinajstić information content (AvgIpc) is 3.07. The van der Waals surface area contributed by atoms with Crippen LogP contribution in [0.4, 0.5) is 10.1 Å². The van der Waals surface area contributed by atoms with E-state index in [1.807, 2.05) is 6.07 Å². The Morgan fingerprint density at radius 2 is 1.73 bits per heavy atom. The lowest BCUT2D eigenvalue weighted by Crippen LogP contribution is -2.49. The lowest BCUT2D eigenvalue weighted by atomic mass is 9.86. The molecule has 0 saturated carbocycles. The molecule has 168 valence electrons. The minimum atomic E-state index is -0.778. The molecule has 3 aromatic rings. The van der Waals surface area contributed by atoms with E-state index in [1.54, 1.807) is 45.9 Å². The molecule has 8 heteroatoms. The fourth-order valence-electron chi connectivity index (χ4n) is 5.12. The second-order valence-corrected chi connectivity index (χ2v) is 8.36. The van der Waals surface area contributed by atoms with E-state index in [4.69, 9.17) is 0 Å². The summed E-state index contributed by atoms with van der Waals surface area (Å²) in [6, 6.07) is 17.6. The predicted molar refractivity (Wildman–Crippen MR) is 119 cm³/mol.